The standard InChI is InChI=1S/C14H20N4O2/c1-14(2,3)20-13(19)17-9-10-6-5-7-11(8-10)12(16-4)18-15/h5-8H,4,9,15H2,1-3H3,(H,17,19)/b18-12-. The van der Waals surface area contributed by atoms with Gasteiger partial charge in [0.25, 0.3) is 0 Å². The lowest BCUT2D eigenvalue weighted by Crippen LogP contribution is -2.32. The van der Waals surface area contributed by atoms with Crippen LogP contribution >= 0.6 is 0 Å². The third kappa shape index (κ3) is 5.09. The number of nitrogens with two attached hydrogens (primary N) is 1. The Kier molecular flexibility index (Phi) is 5.25. The van der Waals surface area contributed by atoms with E-state index in [-0.39, 0.29) is 0 Å². The topological polar surface area (TPSA) is 89.1 Å². The second kappa shape index (κ2) is 6.70. The minimum absolute atomic E-state index is 0.345. The highest BCUT2D eigenvalue weighted by atomic mass is 16.6. The Hall–Kier alpha value is -2.37. The molecular weight excluding hydrogens is 256 g/mol. The first-order valence-electron chi connectivity index (χ1n) is 6.16. The maximum absolute atomic E-state index is 11.6. The van der Waals surface area contributed by atoms with Gasteiger partial charge in [-0.3, -0.25) is 0 Å². The van der Waals surface area contributed by atoms with Gasteiger partial charge in [-0.2, -0.15) is 5.10 Å². The number of amidine groups is 1. The van der Waals surface area contributed by atoms with Gasteiger partial charge in [0, 0.05) is 12.1 Å². The molecule has 6 nitrogen and oxygen atoms in total. The minimum Gasteiger partial charge on any atom is -0.444 e. The van der Waals surface area contributed by atoms with E-state index in [4.69, 9.17) is 10.6 Å². The molecule has 0 radical (unpaired) electrons. The molecule has 0 heterocycles. The number of rotatable bonds is 3. The van der Waals surface area contributed by atoms with E-state index >= 15 is 0 Å². The van der Waals surface area contributed by atoms with Crippen LogP contribution in [0.4, 0.5) is 4.79 Å². The molecule has 0 spiro atoms. The van der Waals surface area contributed by atoms with Crippen molar-refractivity contribution in [2.75, 3.05) is 0 Å². The van der Waals surface area contributed by atoms with E-state index in [1.165, 1.54) is 0 Å². The van der Waals surface area contributed by atoms with Crippen LogP contribution in [0.5, 0.6) is 0 Å². The molecule has 0 aromatic heterocycles. The quantitative estimate of drug-likeness (QED) is 0.383. The molecule has 0 atom stereocenters. The van der Waals surface area contributed by atoms with Crippen LogP contribution in [0.2, 0.25) is 0 Å². The molecule has 1 rings (SSSR count). The number of ether oxygens (including phenoxy) is 1. The zero-order chi connectivity index (χ0) is 15.2. The Labute approximate surface area is 118 Å². The molecule has 0 fully saturated rings. The molecule has 0 bridgehead atoms. The van der Waals surface area contributed by atoms with Crippen LogP contribution in [0.1, 0.15) is 31.9 Å². The van der Waals surface area contributed by atoms with Gasteiger partial charge in [0.05, 0.1) is 0 Å². The second-order valence-corrected chi connectivity index (χ2v) is 5.17. The number of hydrazone groups is 1. The maximum atomic E-state index is 11.6. The fourth-order valence-corrected chi connectivity index (χ4v) is 1.52. The van der Waals surface area contributed by atoms with E-state index in [1.54, 1.807) is 0 Å². The Morgan fingerprint density at radius 1 is 1.45 bits per heavy atom. The molecule has 0 unspecified atom stereocenters. The summed E-state index contributed by atoms with van der Waals surface area (Å²) in [6.07, 6.45) is -0.461. The van der Waals surface area contributed by atoms with Crippen LogP contribution < -0.4 is 11.2 Å². The van der Waals surface area contributed by atoms with Gasteiger partial charge >= 0.3 is 6.09 Å². The summed E-state index contributed by atoms with van der Waals surface area (Å²) in [5.74, 6) is 5.57. The fourth-order valence-electron chi connectivity index (χ4n) is 1.52. The molecule has 0 aliphatic carbocycles. The monoisotopic (exact) mass is 276 g/mol. The van der Waals surface area contributed by atoms with Crippen LogP contribution in [-0.4, -0.2) is 24.2 Å². The highest BCUT2D eigenvalue weighted by molar-refractivity contribution is 6.01. The number of hydrogen-bond acceptors (Lipinski definition) is 4. The summed E-state index contributed by atoms with van der Waals surface area (Å²) in [6, 6.07) is 7.35. The molecule has 0 saturated heterocycles. The first-order chi connectivity index (χ1) is 9.35. The first-order valence-corrected chi connectivity index (χ1v) is 6.16. The molecule has 0 aliphatic heterocycles. The van der Waals surface area contributed by atoms with Gasteiger partial charge in [0.1, 0.15) is 5.60 Å². The van der Waals surface area contributed by atoms with Gasteiger partial charge in [0.15, 0.2) is 5.84 Å². The van der Waals surface area contributed by atoms with Crippen molar-refractivity contribution in [1.82, 2.24) is 5.32 Å². The Balaban J connectivity index is 2.68. The fraction of sp³-hybridized carbons (Fsp3) is 0.357. The SMILES string of the molecule is C=N/C(=N\N)c1cccc(CNC(=O)OC(C)(C)C)c1. The number of aliphatic imine (C=N–C) groups is 1. The summed E-state index contributed by atoms with van der Waals surface area (Å²) >= 11 is 0. The van der Waals surface area contributed by atoms with Gasteiger partial charge in [-0.05, 0) is 39.1 Å². The summed E-state index contributed by atoms with van der Waals surface area (Å²) in [7, 11) is 0. The molecule has 1 aromatic carbocycles. The van der Waals surface area contributed by atoms with Crippen molar-refractivity contribution < 1.29 is 9.53 Å². The number of amides is 1. The Morgan fingerprint density at radius 3 is 2.70 bits per heavy atom. The highest BCUT2D eigenvalue weighted by Crippen LogP contribution is 2.09. The minimum atomic E-state index is -0.516. The normalized spacial score (nSPS) is 11.8. The van der Waals surface area contributed by atoms with Crippen LogP contribution in [0.3, 0.4) is 0 Å². The van der Waals surface area contributed by atoms with Crippen molar-refractivity contribution in [3.63, 3.8) is 0 Å². The van der Waals surface area contributed by atoms with E-state index in [2.05, 4.69) is 22.1 Å². The van der Waals surface area contributed by atoms with Crippen molar-refractivity contribution >= 4 is 18.6 Å². The average Bonchev–Trinajstić information content (AvgIpc) is 2.36. The van der Waals surface area contributed by atoms with Crippen LogP contribution in [0.25, 0.3) is 0 Å². The summed E-state index contributed by atoms with van der Waals surface area (Å²) in [5.41, 5.74) is 1.11. The largest absolute Gasteiger partial charge is 0.444 e. The zero-order valence-electron chi connectivity index (χ0n) is 12.0. The molecule has 1 amide bonds. The van der Waals surface area contributed by atoms with Gasteiger partial charge in [-0.1, -0.05) is 18.2 Å². The van der Waals surface area contributed by atoms with Crippen LogP contribution in [0.15, 0.2) is 34.4 Å². The number of alkyl carbamates (subject to hydrolysis) is 1. The van der Waals surface area contributed by atoms with E-state index < -0.39 is 11.7 Å². The molecular formula is C14H20N4O2. The third-order valence-corrected chi connectivity index (χ3v) is 2.29. The summed E-state index contributed by atoms with van der Waals surface area (Å²) < 4.78 is 5.16. The smallest absolute Gasteiger partial charge is 0.407 e. The summed E-state index contributed by atoms with van der Waals surface area (Å²) in [5, 5.41) is 6.22. The number of hydrogen-bond donors (Lipinski definition) is 2. The number of benzene rings is 1. The number of carbonyl (C=O) groups excluding carboxylic acids is 1. The maximum Gasteiger partial charge on any atom is 0.407 e. The van der Waals surface area contributed by atoms with Gasteiger partial charge in [-0.15, -0.1) is 0 Å². The summed E-state index contributed by atoms with van der Waals surface area (Å²) in [4.78, 5) is 15.3. The van der Waals surface area contributed by atoms with Crippen LogP contribution in [-0.2, 0) is 11.3 Å². The number of nitrogens with zero attached hydrogens (tertiary/aromatic N) is 2. The molecule has 108 valence electrons. The summed E-state index contributed by atoms with van der Waals surface area (Å²) in [6.45, 7) is 9.18. The predicted molar refractivity (Wildman–Crippen MR) is 79.8 cm³/mol. The van der Waals surface area contributed by atoms with Crippen molar-refractivity contribution in [2.45, 2.75) is 32.9 Å². The van der Waals surface area contributed by atoms with Crippen molar-refractivity contribution in [2.24, 2.45) is 15.9 Å². The molecule has 20 heavy (non-hydrogen) atoms. The molecule has 0 saturated carbocycles. The van der Waals surface area contributed by atoms with Crippen molar-refractivity contribution in [3.8, 4) is 0 Å². The Morgan fingerprint density at radius 2 is 2.15 bits per heavy atom. The van der Waals surface area contributed by atoms with E-state index in [1.807, 2.05) is 45.0 Å². The first kappa shape index (κ1) is 15.7. The zero-order valence-corrected chi connectivity index (χ0v) is 12.0. The van der Waals surface area contributed by atoms with Crippen molar-refractivity contribution in [3.05, 3.63) is 35.4 Å². The highest BCUT2D eigenvalue weighted by Gasteiger charge is 2.15. The lowest BCUT2D eigenvalue weighted by molar-refractivity contribution is 0.0523. The van der Waals surface area contributed by atoms with E-state index in [9.17, 15) is 4.79 Å². The van der Waals surface area contributed by atoms with Gasteiger partial charge in [-0.25, -0.2) is 9.79 Å². The molecule has 1 aromatic rings. The van der Waals surface area contributed by atoms with E-state index in [0.717, 1.165) is 11.1 Å². The molecule has 6 heteroatoms. The van der Waals surface area contributed by atoms with Crippen LogP contribution in [0, 0.1) is 0 Å². The second-order valence-electron chi connectivity index (χ2n) is 5.17. The average molecular weight is 276 g/mol. The molecule has 3 N–H and O–H groups in total. The van der Waals surface area contributed by atoms with E-state index in [0.29, 0.717) is 12.4 Å². The lowest BCUT2D eigenvalue weighted by atomic mass is 10.1. The van der Waals surface area contributed by atoms with Gasteiger partial charge < -0.3 is 15.9 Å². The molecule has 0 aliphatic rings. The van der Waals surface area contributed by atoms with Gasteiger partial charge in [0.2, 0.25) is 0 Å². The lowest BCUT2D eigenvalue weighted by Gasteiger charge is -2.19. The van der Waals surface area contributed by atoms with Crippen molar-refractivity contribution in [1.29, 1.82) is 0 Å². The number of nitrogens with one attached hydrogen (secondary N) is 1. The predicted octanol–water partition coefficient (Wildman–Crippen LogP) is 2.03. The number of carbonyl (C=O) groups is 1. The Bertz CT molecular complexity index is 518. The third-order valence-electron chi connectivity index (χ3n) is 2.29.